The maximum Gasteiger partial charge on any atom is 0.123 e. The zero-order valence-electron chi connectivity index (χ0n) is 24.9. The quantitative estimate of drug-likeness (QED) is 0.240. The van der Waals surface area contributed by atoms with Gasteiger partial charge in [0.1, 0.15) is 16.9 Å². The zero-order chi connectivity index (χ0) is 29.7. The second-order valence-corrected chi connectivity index (χ2v) is 11.6. The van der Waals surface area contributed by atoms with Crippen LogP contribution in [0, 0.1) is 0 Å². The van der Waals surface area contributed by atoms with Crippen LogP contribution < -0.4 is 10.6 Å². The van der Waals surface area contributed by atoms with Gasteiger partial charge in [-0.15, -0.1) is 0 Å². The summed E-state index contributed by atoms with van der Waals surface area (Å²) in [5, 5.41) is 7.43. The minimum Gasteiger partial charge on any atom is -0.464 e. The average Bonchev–Trinajstić information content (AvgIpc) is 3.75. The molecule has 2 N–H and O–H groups in total. The number of benzene rings is 4. The molecule has 0 aromatic heterocycles. The third-order valence-corrected chi connectivity index (χ3v) is 9.34. The summed E-state index contributed by atoms with van der Waals surface area (Å²) >= 11 is 0. The lowest BCUT2D eigenvalue weighted by molar-refractivity contribution is 0.294. The molecule has 2 aliphatic heterocycles. The summed E-state index contributed by atoms with van der Waals surface area (Å²) in [5.74, 6) is 1.98. The fraction of sp³-hybridized carbons (Fsp3) is 0.122. The Bertz CT molecular complexity index is 2000. The van der Waals surface area contributed by atoms with Crippen LogP contribution in [0.25, 0.3) is 22.3 Å². The molecule has 8 rings (SSSR count). The topological polar surface area (TPSA) is 33.3 Å². The maximum absolute atomic E-state index is 6.90. The van der Waals surface area contributed by atoms with Crippen LogP contribution in [0.4, 0.5) is 17.1 Å². The van der Waals surface area contributed by atoms with E-state index in [1.807, 2.05) is 12.2 Å². The summed E-state index contributed by atoms with van der Waals surface area (Å²) in [4.78, 5) is 0. The van der Waals surface area contributed by atoms with Gasteiger partial charge in [0.2, 0.25) is 0 Å². The van der Waals surface area contributed by atoms with E-state index in [0.29, 0.717) is 6.54 Å². The first-order chi connectivity index (χ1) is 21.7. The van der Waals surface area contributed by atoms with Crippen LogP contribution >= 0.6 is 0 Å². The van der Waals surface area contributed by atoms with Gasteiger partial charge in [0.15, 0.2) is 0 Å². The van der Waals surface area contributed by atoms with Gasteiger partial charge in [0.05, 0.1) is 11.4 Å². The van der Waals surface area contributed by atoms with Gasteiger partial charge in [-0.1, -0.05) is 111 Å². The Kier molecular flexibility index (Phi) is 6.27. The molecule has 1 spiro atoms. The van der Waals surface area contributed by atoms with Crippen LogP contribution in [0.2, 0.25) is 0 Å². The van der Waals surface area contributed by atoms with Gasteiger partial charge < -0.3 is 15.4 Å². The van der Waals surface area contributed by atoms with Gasteiger partial charge in [0.25, 0.3) is 0 Å². The number of hydrogen-bond donors (Lipinski definition) is 2. The van der Waals surface area contributed by atoms with E-state index >= 15 is 0 Å². The Balaban J connectivity index is 1.37. The molecule has 4 aromatic rings. The van der Waals surface area contributed by atoms with Crippen molar-refractivity contribution in [3.8, 4) is 11.1 Å². The first-order valence-corrected chi connectivity index (χ1v) is 15.5. The molecular weight excluding hydrogens is 536 g/mol. The van der Waals surface area contributed by atoms with Crippen molar-refractivity contribution in [2.45, 2.75) is 31.7 Å². The number of fused-ring (bicyclic) bond motifs is 8. The Morgan fingerprint density at radius 2 is 1.61 bits per heavy atom. The molecule has 1 atom stereocenters. The number of nitrogens with one attached hydrogen (secondary N) is 2. The highest BCUT2D eigenvalue weighted by molar-refractivity contribution is 5.99. The van der Waals surface area contributed by atoms with E-state index in [1.54, 1.807) is 0 Å². The van der Waals surface area contributed by atoms with Gasteiger partial charge in [-0.25, -0.2) is 0 Å². The molecule has 0 saturated heterocycles. The highest BCUT2D eigenvalue weighted by Gasteiger charge is 2.56. The summed E-state index contributed by atoms with van der Waals surface area (Å²) in [6.07, 6.45) is 14.3. The van der Waals surface area contributed by atoms with Crippen LogP contribution in [0.1, 0.15) is 42.0 Å². The number of allylic oxidation sites excluding steroid dienone is 9. The van der Waals surface area contributed by atoms with Crippen LogP contribution in [0.3, 0.4) is 0 Å². The molecular formula is C41H34N2O. The largest absolute Gasteiger partial charge is 0.464 e. The number of ether oxygens (including phenoxy) is 1. The van der Waals surface area contributed by atoms with Crippen molar-refractivity contribution in [3.05, 3.63) is 173 Å². The molecule has 2 aliphatic carbocycles. The number of anilines is 3. The fourth-order valence-corrected chi connectivity index (χ4v) is 7.53. The Hall–Kier alpha value is -5.28. The van der Waals surface area contributed by atoms with Gasteiger partial charge in [-0.05, 0) is 75.7 Å². The molecule has 0 fully saturated rings. The fourth-order valence-electron chi connectivity index (χ4n) is 7.53. The molecule has 3 nitrogen and oxygen atoms in total. The molecule has 1 unspecified atom stereocenters. The molecule has 3 heteroatoms. The molecule has 2 heterocycles. The van der Waals surface area contributed by atoms with Crippen LogP contribution in [0.5, 0.6) is 0 Å². The number of rotatable bonds is 4. The van der Waals surface area contributed by atoms with E-state index in [0.717, 1.165) is 41.4 Å². The summed E-state index contributed by atoms with van der Waals surface area (Å²) in [7, 11) is 0. The van der Waals surface area contributed by atoms with E-state index < -0.39 is 5.41 Å². The monoisotopic (exact) mass is 570 g/mol. The summed E-state index contributed by atoms with van der Waals surface area (Å²) < 4.78 is 6.90. The van der Waals surface area contributed by atoms with Gasteiger partial charge in [-0.2, -0.15) is 0 Å². The van der Waals surface area contributed by atoms with E-state index in [4.69, 9.17) is 4.74 Å². The minimum atomic E-state index is -0.512. The highest BCUT2D eigenvalue weighted by Crippen LogP contribution is 2.64. The van der Waals surface area contributed by atoms with Crippen molar-refractivity contribution in [2.75, 3.05) is 10.6 Å². The molecule has 0 saturated carbocycles. The van der Waals surface area contributed by atoms with E-state index in [1.165, 1.54) is 50.1 Å². The average molecular weight is 571 g/mol. The first kappa shape index (κ1) is 26.4. The second-order valence-electron chi connectivity index (χ2n) is 11.6. The third-order valence-electron chi connectivity index (χ3n) is 9.34. The zero-order valence-corrected chi connectivity index (χ0v) is 24.9. The van der Waals surface area contributed by atoms with Crippen LogP contribution in [-0.2, 0) is 16.7 Å². The smallest absolute Gasteiger partial charge is 0.123 e. The summed E-state index contributed by atoms with van der Waals surface area (Å²) in [6, 6.07) is 32.9. The minimum absolute atomic E-state index is 0.512. The lowest BCUT2D eigenvalue weighted by Crippen LogP contribution is -2.27. The SMILES string of the molecule is C=C/C=C\C=C1/OC(CC)=C(c2ccc3c(c2)CNc2ccccc2Nc2ccccc2-3)C12C1=C(CC=C1)c1ccccc12. The normalized spacial score (nSPS) is 20.2. The maximum atomic E-state index is 6.90. The summed E-state index contributed by atoms with van der Waals surface area (Å²) in [5.41, 5.74) is 14.2. The molecule has 4 aliphatic rings. The lowest BCUT2D eigenvalue weighted by atomic mass is 9.67. The van der Waals surface area contributed by atoms with Crippen LogP contribution in [0.15, 0.2) is 151 Å². The molecule has 214 valence electrons. The third kappa shape index (κ3) is 3.82. The van der Waals surface area contributed by atoms with E-state index in [2.05, 4.69) is 139 Å². The predicted octanol–water partition coefficient (Wildman–Crippen LogP) is 10.5. The van der Waals surface area contributed by atoms with Gasteiger partial charge in [-0.3, -0.25) is 0 Å². The second kappa shape index (κ2) is 10.5. The molecule has 4 aromatic carbocycles. The van der Waals surface area contributed by atoms with Crippen molar-refractivity contribution < 1.29 is 4.74 Å². The van der Waals surface area contributed by atoms with Crippen molar-refractivity contribution in [3.63, 3.8) is 0 Å². The van der Waals surface area contributed by atoms with Crippen molar-refractivity contribution in [2.24, 2.45) is 0 Å². The lowest BCUT2D eigenvalue weighted by Gasteiger charge is -2.31. The van der Waals surface area contributed by atoms with Crippen molar-refractivity contribution >= 4 is 28.2 Å². The van der Waals surface area contributed by atoms with E-state index in [9.17, 15) is 0 Å². The van der Waals surface area contributed by atoms with Crippen molar-refractivity contribution in [1.82, 2.24) is 0 Å². The molecule has 0 radical (unpaired) electrons. The molecule has 44 heavy (non-hydrogen) atoms. The predicted molar refractivity (Wildman–Crippen MR) is 183 cm³/mol. The molecule has 0 bridgehead atoms. The van der Waals surface area contributed by atoms with Crippen LogP contribution in [-0.4, -0.2) is 0 Å². The molecule has 0 amide bonds. The number of hydrogen-bond acceptors (Lipinski definition) is 3. The Morgan fingerprint density at radius 1 is 0.841 bits per heavy atom. The van der Waals surface area contributed by atoms with Gasteiger partial charge >= 0.3 is 0 Å². The Labute approximate surface area is 259 Å². The van der Waals surface area contributed by atoms with E-state index in [-0.39, 0.29) is 0 Å². The Morgan fingerprint density at radius 3 is 2.45 bits per heavy atom. The standard InChI is InChI=1S/C41H34N2O/c1-3-5-6-22-39-41(33-17-9-7-14-30(33)31-16-13-18-34(31)41)40(38(4-2)44-39)27-23-24-29-28(25-27)26-42-36-20-11-12-21-37(36)43-35-19-10-8-15-32(29)35/h3,5-15,17-25,42-43H,1,4,16,26H2,2H3/b6-5-,39-22-. The van der Waals surface area contributed by atoms with Crippen molar-refractivity contribution in [1.29, 1.82) is 0 Å². The number of para-hydroxylation sites is 3. The summed E-state index contributed by atoms with van der Waals surface area (Å²) in [6.45, 7) is 6.79. The van der Waals surface area contributed by atoms with Gasteiger partial charge in [0, 0.05) is 29.8 Å². The first-order valence-electron chi connectivity index (χ1n) is 15.5. The highest BCUT2D eigenvalue weighted by atomic mass is 16.5.